The molecule has 0 N–H and O–H groups in total. The molecule has 0 spiro atoms. The van der Waals surface area contributed by atoms with E-state index in [1.54, 1.807) is 43.0 Å². The van der Waals surface area contributed by atoms with Crippen molar-refractivity contribution >= 4 is 46.2 Å². The third kappa shape index (κ3) is 4.57. The highest BCUT2D eigenvalue weighted by Crippen LogP contribution is 2.40. The fourth-order valence-corrected chi connectivity index (χ4v) is 4.49. The number of amides is 1. The number of aromatic nitrogens is 2. The molecule has 4 rings (SSSR count). The fourth-order valence-electron chi connectivity index (χ4n) is 3.98. The van der Waals surface area contributed by atoms with Crippen LogP contribution in [0, 0.1) is 6.92 Å². The van der Waals surface area contributed by atoms with E-state index in [9.17, 15) is 9.59 Å². The number of fused-ring (bicyclic) bond motifs is 1. The van der Waals surface area contributed by atoms with Gasteiger partial charge in [-0.05, 0) is 50.8 Å². The van der Waals surface area contributed by atoms with Crippen LogP contribution in [0.1, 0.15) is 72.9 Å². The minimum atomic E-state index is -1.01. The van der Waals surface area contributed by atoms with E-state index in [1.807, 2.05) is 13.8 Å². The summed E-state index contributed by atoms with van der Waals surface area (Å²) in [6, 6.07) is 5.46. The lowest BCUT2D eigenvalue weighted by Gasteiger charge is -2.31. The first-order valence-electron chi connectivity index (χ1n) is 10.9. The van der Waals surface area contributed by atoms with Gasteiger partial charge in [0.15, 0.2) is 6.04 Å². The van der Waals surface area contributed by atoms with E-state index in [1.165, 1.54) is 0 Å². The second-order valence-electron chi connectivity index (χ2n) is 8.48. The molecule has 9 heteroatoms. The van der Waals surface area contributed by atoms with Crippen LogP contribution in [0.5, 0.6) is 0 Å². The molecule has 0 bridgehead atoms. The molecule has 33 heavy (non-hydrogen) atoms. The monoisotopic (exact) mass is 489 g/mol. The van der Waals surface area contributed by atoms with Gasteiger partial charge in [-0.15, -0.1) is 0 Å². The van der Waals surface area contributed by atoms with Gasteiger partial charge in [0, 0.05) is 27.3 Å². The van der Waals surface area contributed by atoms with Gasteiger partial charge in [-0.3, -0.25) is 4.79 Å². The highest BCUT2D eigenvalue weighted by Gasteiger charge is 2.44. The van der Waals surface area contributed by atoms with Crippen LogP contribution in [-0.4, -0.2) is 39.6 Å². The molecule has 1 amide bonds. The van der Waals surface area contributed by atoms with Crippen molar-refractivity contribution in [2.24, 2.45) is 0 Å². The summed E-state index contributed by atoms with van der Waals surface area (Å²) in [5.74, 6) is -0.844. The standard InChI is InChI=1S/C24H25Cl2N3O4/c1-5-32-24(31)21(16-9-6-14(25)11-18(16)26)29(15-7-8-15)23(30)17-10-13(4)27-22-19(17)20(12(2)3)28-33-22/h6,9-12,15,21H,5,7-8H2,1-4H3. The predicted octanol–water partition coefficient (Wildman–Crippen LogP) is 5.87. The molecule has 0 aliphatic heterocycles. The molecule has 0 radical (unpaired) electrons. The van der Waals surface area contributed by atoms with Crippen molar-refractivity contribution in [2.75, 3.05) is 6.61 Å². The van der Waals surface area contributed by atoms with Crippen LogP contribution in [0.3, 0.4) is 0 Å². The Balaban J connectivity index is 1.89. The van der Waals surface area contributed by atoms with Gasteiger partial charge in [0.25, 0.3) is 11.6 Å². The summed E-state index contributed by atoms with van der Waals surface area (Å²) in [5.41, 5.74) is 2.43. The number of halogens is 2. The highest BCUT2D eigenvalue weighted by atomic mass is 35.5. The van der Waals surface area contributed by atoms with Crippen molar-refractivity contribution in [2.45, 2.75) is 58.5 Å². The molecule has 2 heterocycles. The van der Waals surface area contributed by atoms with Gasteiger partial charge in [0.1, 0.15) is 0 Å². The number of carbonyl (C=O) groups is 2. The maximum atomic E-state index is 14.1. The number of carbonyl (C=O) groups excluding carboxylic acids is 2. The van der Waals surface area contributed by atoms with E-state index in [4.69, 9.17) is 32.5 Å². The van der Waals surface area contributed by atoms with E-state index in [0.717, 1.165) is 12.8 Å². The number of ether oxygens (including phenoxy) is 1. The van der Waals surface area contributed by atoms with Crippen molar-refractivity contribution in [1.29, 1.82) is 0 Å². The molecule has 1 aliphatic rings. The van der Waals surface area contributed by atoms with Crippen LogP contribution in [0.25, 0.3) is 11.1 Å². The lowest BCUT2D eigenvalue weighted by molar-refractivity contribution is -0.149. The first kappa shape index (κ1) is 23.5. The number of pyridine rings is 1. The third-order valence-electron chi connectivity index (χ3n) is 5.60. The Morgan fingerprint density at radius 1 is 1.24 bits per heavy atom. The van der Waals surface area contributed by atoms with Gasteiger partial charge in [0.2, 0.25) is 0 Å². The summed E-state index contributed by atoms with van der Waals surface area (Å²) in [6.45, 7) is 7.63. The Bertz CT molecular complexity index is 1220. The van der Waals surface area contributed by atoms with Crippen molar-refractivity contribution < 1.29 is 18.8 Å². The molecule has 0 saturated heterocycles. The Kier molecular flexibility index (Phi) is 6.64. The van der Waals surface area contributed by atoms with Crippen LogP contribution in [0.15, 0.2) is 28.8 Å². The lowest BCUT2D eigenvalue weighted by Crippen LogP contribution is -2.41. The number of aryl methyl sites for hydroxylation is 1. The van der Waals surface area contributed by atoms with E-state index >= 15 is 0 Å². The van der Waals surface area contributed by atoms with Crippen molar-refractivity contribution in [3.63, 3.8) is 0 Å². The fraction of sp³-hybridized carbons (Fsp3) is 0.417. The highest BCUT2D eigenvalue weighted by molar-refractivity contribution is 6.35. The zero-order chi connectivity index (χ0) is 23.9. The molecule has 1 fully saturated rings. The molecule has 1 saturated carbocycles. The van der Waals surface area contributed by atoms with Crippen LogP contribution >= 0.6 is 23.2 Å². The number of esters is 1. The van der Waals surface area contributed by atoms with E-state index < -0.39 is 12.0 Å². The number of nitrogens with zero attached hydrogens (tertiary/aromatic N) is 3. The SMILES string of the molecule is CCOC(=O)C(c1ccc(Cl)cc1Cl)N(C(=O)c1cc(C)nc2onc(C(C)C)c12)C1CC1. The quantitative estimate of drug-likeness (QED) is 0.385. The largest absolute Gasteiger partial charge is 0.464 e. The van der Waals surface area contributed by atoms with Crippen LogP contribution in [0.2, 0.25) is 10.0 Å². The van der Waals surface area contributed by atoms with Gasteiger partial charge in [0.05, 0.1) is 23.3 Å². The Labute approximate surface area is 202 Å². The molecular weight excluding hydrogens is 465 g/mol. The van der Waals surface area contributed by atoms with Crippen LogP contribution in [-0.2, 0) is 9.53 Å². The van der Waals surface area contributed by atoms with E-state index in [0.29, 0.717) is 43.7 Å². The minimum absolute atomic E-state index is 0.0169. The maximum absolute atomic E-state index is 14.1. The molecular formula is C24H25Cl2N3O4. The molecule has 1 aliphatic carbocycles. The Morgan fingerprint density at radius 3 is 2.58 bits per heavy atom. The second kappa shape index (κ2) is 9.31. The third-order valence-corrected chi connectivity index (χ3v) is 6.16. The predicted molar refractivity (Wildman–Crippen MR) is 126 cm³/mol. The summed E-state index contributed by atoms with van der Waals surface area (Å²) >= 11 is 12.6. The molecule has 7 nitrogen and oxygen atoms in total. The number of rotatable bonds is 7. The zero-order valence-corrected chi connectivity index (χ0v) is 20.4. The second-order valence-corrected chi connectivity index (χ2v) is 9.32. The molecule has 3 aromatic rings. The van der Waals surface area contributed by atoms with Crippen molar-refractivity contribution in [3.8, 4) is 0 Å². The van der Waals surface area contributed by atoms with Gasteiger partial charge in [-0.25, -0.2) is 9.78 Å². The van der Waals surface area contributed by atoms with Crippen molar-refractivity contribution in [1.82, 2.24) is 15.0 Å². The topological polar surface area (TPSA) is 85.5 Å². The summed E-state index contributed by atoms with van der Waals surface area (Å²) in [5, 5.41) is 5.45. The molecule has 1 aromatic carbocycles. The smallest absolute Gasteiger partial charge is 0.333 e. The van der Waals surface area contributed by atoms with Crippen LogP contribution in [0.4, 0.5) is 0 Å². The Hall–Kier alpha value is -2.64. The number of hydrogen-bond donors (Lipinski definition) is 0. The zero-order valence-electron chi connectivity index (χ0n) is 18.9. The normalized spacial score (nSPS) is 14.5. The van der Waals surface area contributed by atoms with Gasteiger partial charge in [-0.1, -0.05) is 48.3 Å². The Morgan fingerprint density at radius 2 is 1.97 bits per heavy atom. The molecule has 174 valence electrons. The number of hydrogen-bond acceptors (Lipinski definition) is 6. The summed E-state index contributed by atoms with van der Waals surface area (Å²) in [7, 11) is 0. The average Bonchev–Trinajstić information content (AvgIpc) is 3.49. The lowest BCUT2D eigenvalue weighted by atomic mass is 9.99. The first-order valence-corrected chi connectivity index (χ1v) is 11.7. The maximum Gasteiger partial charge on any atom is 0.333 e. The van der Waals surface area contributed by atoms with Crippen LogP contribution < -0.4 is 0 Å². The van der Waals surface area contributed by atoms with E-state index in [-0.39, 0.29) is 24.5 Å². The summed E-state index contributed by atoms with van der Waals surface area (Å²) in [6.07, 6.45) is 1.56. The molecule has 2 aromatic heterocycles. The molecule has 1 atom stereocenters. The number of benzene rings is 1. The van der Waals surface area contributed by atoms with Gasteiger partial charge in [-0.2, -0.15) is 0 Å². The minimum Gasteiger partial charge on any atom is -0.464 e. The molecule has 1 unspecified atom stereocenters. The summed E-state index contributed by atoms with van der Waals surface area (Å²) < 4.78 is 10.8. The van der Waals surface area contributed by atoms with Gasteiger partial charge >= 0.3 is 5.97 Å². The van der Waals surface area contributed by atoms with Crippen molar-refractivity contribution in [3.05, 3.63) is 56.8 Å². The van der Waals surface area contributed by atoms with E-state index in [2.05, 4.69) is 10.1 Å². The average molecular weight is 490 g/mol. The first-order chi connectivity index (χ1) is 15.7. The van der Waals surface area contributed by atoms with Gasteiger partial charge < -0.3 is 14.2 Å². The summed E-state index contributed by atoms with van der Waals surface area (Å²) in [4.78, 5) is 33.3.